The van der Waals surface area contributed by atoms with Gasteiger partial charge in [0.2, 0.25) is 11.8 Å². The van der Waals surface area contributed by atoms with Crippen molar-refractivity contribution in [3.05, 3.63) is 23.5 Å². The topological polar surface area (TPSA) is 184 Å². The number of carbonyl (C=O) groups is 4. The zero-order valence-electron chi connectivity index (χ0n) is 16.2. The number of nitrogens with zero attached hydrogens (tertiary/aromatic N) is 1. The number of nitrogens with two attached hydrogens (primary N) is 1. The number of carboxylic acid groups (broad SMARTS) is 2. The summed E-state index contributed by atoms with van der Waals surface area (Å²) in [7, 11) is 0. The summed E-state index contributed by atoms with van der Waals surface area (Å²) in [6.45, 7) is 0.103. The maximum absolute atomic E-state index is 12.4. The number of thioether (sulfide) groups is 1. The van der Waals surface area contributed by atoms with Crippen molar-refractivity contribution in [1.29, 1.82) is 0 Å². The monoisotopic (exact) mass is 442 g/mol. The summed E-state index contributed by atoms with van der Waals surface area (Å²) in [5.41, 5.74) is 7.18. The molecule has 1 aliphatic heterocycles. The average molecular weight is 442 g/mol. The second-order valence-electron chi connectivity index (χ2n) is 6.90. The summed E-state index contributed by atoms with van der Waals surface area (Å²) in [5, 5.41) is 31.9. The van der Waals surface area contributed by atoms with Crippen LogP contribution in [0.4, 0.5) is 0 Å². The van der Waals surface area contributed by atoms with Gasteiger partial charge in [0.05, 0.1) is 6.61 Å². The molecule has 0 radical (unpaired) electrons. The molecule has 0 aromatic carbocycles. The molecule has 1 aliphatic rings. The van der Waals surface area contributed by atoms with Gasteiger partial charge in [0.1, 0.15) is 18.6 Å². The number of hydrogen-bond donors (Lipinski definition) is 6. The van der Waals surface area contributed by atoms with Crippen LogP contribution >= 0.6 is 11.8 Å². The number of hydrogen-bond acceptors (Lipinski definition) is 7. The minimum absolute atomic E-state index is 0.0225. The van der Waals surface area contributed by atoms with Crippen LogP contribution in [-0.4, -0.2) is 68.0 Å². The molecule has 166 valence electrons. The molecule has 1 aromatic heterocycles. The summed E-state index contributed by atoms with van der Waals surface area (Å²) in [6, 6.07) is -0.343. The zero-order chi connectivity index (χ0) is 22.3. The molecular weight excluding hydrogens is 416 g/mol. The van der Waals surface area contributed by atoms with Crippen LogP contribution in [-0.2, 0) is 32.3 Å². The maximum atomic E-state index is 12.4. The standard InChI is InChI=1S/C18H26N4O7S/c19-11(18(28)29)1-2-14(24)21-12(17(27)20-7-15(25)26)9-30-13-4-6-22-5-3-10(8-23)16(13)22/h3,5,11-13,23H,1-2,4,6-9,19H2,(H,20,27)(H,21,24)(H,25,26)(H,28,29)/t11-,12-,13-/m0/s1. The number of aliphatic carboxylic acids is 2. The minimum Gasteiger partial charge on any atom is -0.480 e. The maximum Gasteiger partial charge on any atom is 0.322 e. The van der Waals surface area contributed by atoms with E-state index < -0.39 is 42.4 Å². The molecule has 0 saturated carbocycles. The van der Waals surface area contributed by atoms with Gasteiger partial charge < -0.3 is 36.3 Å². The lowest BCUT2D eigenvalue weighted by Crippen LogP contribution is -2.49. The van der Waals surface area contributed by atoms with E-state index in [4.69, 9.17) is 15.9 Å². The number of nitrogens with one attached hydrogen (secondary N) is 2. The largest absolute Gasteiger partial charge is 0.480 e. The first-order valence-electron chi connectivity index (χ1n) is 9.40. The van der Waals surface area contributed by atoms with E-state index in [1.807, 2.05) is 16.8 Å². The van der Waals surface area contributed by atoms with E-state index in [0.717, 1.165) is 24.2 Å². The van der Waals surface area contributed by atoms with Gasteiger partial charge in [-0.25, -0.2) is 0 Å². The lowest BCUT2D eigenvalue weighted by molar-refractivity contribution is -0.139. The van der Waals surface area contributed by atoms with Gasteiger partial charge in [-0.1, -0.05) is 0 Å². The fourth-order valence-corrected chi connectivity index (χ4v) is 4.54. The van der Waals surface area contributed by atoms with E-state index in [1.165, 1.54) is 11.8 Å². The quantitative estimate of drug-likeness (QED) is 0.237. The Morgan fingerprint density at radius 1 is 1.30 bits per heavy atom. The van der Waals surface area contributed by atoms with Crippen LogP contribution in [0, 0.1) is 0 Å². The number of aliphatic hydroxyl groups excluding tert-OH is 1. The van der Waals surface area contributed by atoms with Gasteiger partial charge >= 0.3 is 11.9 Å². The first-order chi connectivity index (χ1) is 14.2. The van der Waals surface area contributed by atoms with Crippen molar-refractivity contribution in [3.63, 3.8) is 0 Å². The second-order valence-corrected chi connectivity index (χ2v) is 8.14. The normalized spacial score (nSPS) is 17.1. The predicted molar refractivity (Wildman–Crippen MR) is 108 cm³/mol. The fourth-order valence-electron chi connectivity index (χ4n) is 3.16. The highest BCUT2D eigenvalue weighted by Crippen LogP contribution is 2.40. The highest BCUT2D eigenvalue weighted by Gasteiger charge is 2.29. The SMILES string of the molecule is N[C@@H](CCC(=O)N[C@@H](CS[C@H]1CCn2ccc(CO)c21)C(=O)NCC(=O)O)C(=O)O. The lowest BCUT2D eigenvalue weighted by atomic mass is 10.1. The van der Waals surface area contributed by atoms with Gasteiger partial charge in [0, 0.05) is 35.9 Å². The smallest absolute Gasteiger partial charge is 0.322 e. The van der Waals surface area contributed by atoms with Crippen molar-refractivity contribution in [2.45, 2.75) is 49.7 Å². The summed E-state index contributed by atoms with van der Waals surface area (Å²) in [4.78, 5) is 46.1. The van der Waals surface area contributed by atoms with Crippen molar-refractivity contribution >= 4 is 35.5 Å². The Hall–Kier alpha value is -2.57. The molecule has 0 unspecified atom stereocenters. The van der Waals surface area contributed by atoms with Crippen LogP contribution < -0.4 is 16.4 Å². The van der Waals surface area contributed by atoms with Gasteiger partial charge in [-0.15, -0.1) is 11.8 Å². The molecule has 0 bridgehead atoms. The van der Waals surface area contributed by atoms with Crippen LogP contribution in [0.25, 0.3) is 0 Å². The number of fused-ring (bicyclic) bond motifs is 1. The molecule has 0 spiro atoms. The number of aromatic nitrogens is 1. The Kier molecular flexibility index (Phi) is 8.69. The van der Waals surface area contributed by atoms with E-state index >= 15 is 0 Å². The lowest BCUT2D eigenvalue weighted by Gasteiger charge is -2.20. The van der Waals surface area contributed by atoms with Gasteiger partial charge in [-0.2, -0.15) is 0 Å². The zero-order valence-corrected chi connectivity index (χ0v) is 17.1. The highest BCUT2D eigenvalue weighted by atomic mass is 32.2. The van der Waals surface area contributed by atoms with Crippen LogP contribution in [0.3, 0.4) is 0 Å². The van der Waals surface area contributed by atoms with Crippen molar-refractivity contribution < 1.29 is 34.5 Å². The van der Waals surface area contributed by atoms with E-state index in [1.54, 1.807) is 0 Å². The molecule has 0 saturated heterocycles. The Bertz CT molecular complexity index is 797. The summed E-state index contributed by atoms with van der Waals surface area (Å²) < 4.78 is 2.04. The molecule has 2 heterocycles. The van der Waals surface area contributed by atoms with Gasteiger partial charge in [0.25, 0.3) is 0 Å². The third-order valence-corrected chi connectivity index (χ3v) is 6.12. The van der Waals surface area contributed by atoms with Crippen molar-refractivity contribution in [3.8, 4) is 0 Å². The molecular formula is C18H26N4O7S. The van der Waals surface area contributed by atoms with E-state index in [0.29, 0.717) is 0 Å². The molecule has 2 amide bonds. The molecule has 30 heavy (non-hydrogen) atoms. The number of amides is 2. The van der Waals surface area contributed by atoms with E-state index in [9.17, 15) is 24.3 Å². The Morgan fingerprint density at radius 2 is 2.03 bits per heavy atom. The molecule has 1 aromatic rings. The Morgan fingerprint density at radius 3 is 2.67 bits per heavy atom. The van der Waals surface area contributed by atoms with Gasteiger partial charge in [-0.05, 0) is 24.5 Å². The predicted octanol–water partition coefficient (Wildman–Crippen LogP) is -0.964. The van der Waals surface area contributed by atoms with Crippen LogP contribution in [0.5, 0.6) is 0 Å². The number of aryl methyl sites for hydroxylation is 1. The first kappa shape index (κ1) is 23.7. The Balaban J connectivity index is 1.99. The first-order valence-corrected chi connectivity index (χ1v) is 10.5. The molecule has 7 N–H and O–H groups in total. The van der Waals surface area contributed by atoms with Crippen molar-refractivity contribution in [1.82, 2.24) is 15.2 Å². The third-order valence-electron chi connectivity index (χ3n) is 4.73. The molecule has 12 heteroatoms. The molecule has 3 atom stereocenters. The summed E-state index contributed by atoms with van der Waals surface area (Å²) in [6.07, 6.45) is 2.43. The van der Waals surface area contributed by atoms with Crippen LogP contribution in [0.1, 0.15) is 35.8 Å². The average Bonchev–Trinajstić information content (AvgIpc) is 3.29. The number of carbonyl (C=O) groups excluding carboxylic acids is 2. The van der Waals surface area contributed by atoms with Gasteiger partial charge in [0.15, 0.2) is 0 Å². The number of aliphatic hydroxyl groups is 1. The molecule has 2 rings (SSSR count). The van der Waals surface area contributed by atoms with Crippen molar-refractivity contribution in [2.24, 2.45) is 5.73 Å². The van der Waals surface area contributed by atoms with E-state index in [-0.39, 0.29) is 30.5 Å². The summed E-state index contributed by atoms with van der Waals surface area (Å²) in [5.74, 6) is -3.44. The van der Waals surface area contributed by atoms with Crippen molar-refractivity contribution in [2.75, 3.05) is 12.3 Å². The number of rotatable bonds is 12. The molecule has 0 fully saturated rings. The highest BCUT2D eigenvalue weighted by molar-refractivity contribution is 7.99. The Labute approximate surface area is 177 Å². The third kappa shape index (κ3) is 6.47. The molecule has 0 aliphatic carbocycles. The van der Waals surface area contributed by atoms with Gasteiger partial charge in [-0.3, -0.25) is 19.2 Å². The number of carboxylic acids is 2. The summed E-state index contributed by atoms with van der Waals surface area (Å²) >= 11 is 1.43. The molecule has 11 nitrogen and oxygen atoms in total. The van der Waals surface area contributed by atoms with E-state index in [2.05, 4.69) is 10.6 Å². The van der Waals surface area contributed by atoms with Crippen LogP contribution in [0.2, 0.25) is 0 Å². The van der Waals surface area contributed by atoms with Crippen LogP contribution in [0.15, 0.2) is 12.3 Å². The second kappa shape index (κ2) is 11.0. The fraction of sp³-hybridized carbons (Fsp3) is 0.556. The minimum atomic E-state index is -1.22.